The van der Waals surface area contributed by atoms with Crippen LogP contribution in [0.4, 0.5) is 30.7 Å². The first-order chi connectivity index (χ1) is 4.50. The van der Waals surface area contributed by atoms with Crippen LogP contribution < -0.4 is 0 Å². The van der Waals surface area contributed by atoms with Crippen molar-refractivity contribution in [2.75, 3.05) is 0 Å². The van der Waals surface area contributed by atoms with Crippen molar-refractivity contribution in [3.63, 3.8) is 0 Å². The van der Waals surface area contributed by atoms with E-state index in [9.17, 15) is 30.7 Å². The van der Waals surface area contributed by atoms with E-state index in [1.165, 1.54) is 0 Å². The molecule has 0 unspecified atom stereocenters. The summed E-state index contributed by atoms with van der Waals surface area (Å²) in [5, 5.41) is 0. The normalized spacial score (nSPS) is 16.9. The van der Waals surface area contributed by atoms with Crippen LogP contribution in [0.2, 0.25) is 0 Å². The van der Waals surface area contributed by atoms with Gasteiger partial charge in [0.25, 0.3) is 0 Å². The summed E-state index contributed by atoms with van der Waals surface area (Å²) in [6, 6.07) is 0. The minimum Gasteiger partial charge on any atom is -0.203 e. The van der Waals surface area contributed by atoms with Crippen LogP contribution in [0.1, 0.15) is 1.37 Å². The molecule has 62 valence electrons. The Morgan fingerprint density at radius 1 is 1.00 bits per heavy atom. The van der Waals surface area contributed by atoms with Gasteiger partial charge in [-0.15, -0.1) is 0 Å². The van der Waals surface area contributed by atoms with Crippen molar-refractivity contribution < 1.29 is 32.1 Å². The van der Waals surface area contributed by atoms with Gasteiger partial charge in [0.15, 0.2) is 0 Å². The molecular weight excluding hydrogens is 169 g/mol. The van der Waals surface area contributed by atoms with E-state index in [1.54, 1.807) is 0 Å². The zero-order valence-electron chi connectivity index (χ0n) is 5.15. The van der Waals surface area contributed by atoms with E-state index in [0.717, 1.165) is 0 Å². The molecule has 0 aliphatic carbocycles. The lowest BCUT2D eigenvalue weighted by molar-refractivity contribution is -0.320. The molecule has 0 saturated heterocycles. The summed E-state index contributed by atoms with van der Waals surface area (Å²) >= 11 is 0. The number of halogens is 7. The van der Waals surface area contributed by atoms with E-state index in [0.29, 0.717) is 0 Å². The zero-order chi connectivity index (χ0) is 9.50. The number of rotatable bonds is 1. The number of hydrogen-bond acceptors (Lipinski definition) is 0. The van der Waals surface area contributed by atoms with E-state index >= 15 is 0 Å². The number of alkyl halides is 7. The summed E-state index contributed by atoms with van der Waals surface area (Å²) in [6.45, 7) is 0. The first-order valence-corrected chi connectivity index (χ1v) is 1.82. The Morgan fingerprint density at radius 3 is 1.30 bits per heavy atom. The van der Waals surface area contributed by atoms with E-state index in [-0.39, 0.29) is 0 Å². The lowest BCUT2D eigenvalue weighted by Gasteiger charge is -2.17. The molecule has 0 atom stereocenters. The van der Waals surface area contributed by atoms with Crippen LogP contribution in [0, 0.1) is 0 Å². The van der Waals surface area contributed by atoms with Crippen LogP contribution in [0.5, 0.6) is 0 Å². The average Bonchev–Trinajstić information content (AvgIpc) is 1.58. The minimum absolute atomic E-state index is 5.19. The molecule has 0 fully saturated rings. The molecule has 0 heterocycles. The fraction of sp³-hybridized carbons (Fsp3) is 1.00. The summed E-state index contributed by atoms with van der Waals surface area (Å²) in [6.07, 6.45) is -12.2. The molecule has 0 aliphatic heterocycles. The first-order valence-electron chi connectivity index (χ1n) is 2.32. The predicted octanol–water partition coefficient (Wildman–Crippen LogP) is 2.45. The van der Waals surface area contributed by atoms with E-state index in [1.807, 2.05) is 0 Å². The topological polar surface area (TPSA) is 0 Å². The molecule has 0 aliphatic rings. The van der Waals surface area contributed by atoms with Crippen molar-refractivity contribution in [2.24, 2.45) is 0 Å². The largest absolute Gasteiger partial charge is 0.459 e. The molecule has 0 nitrogen and oxygen atoms in total. The van der Waals surface area contributed by atoms with Crippen molar-refractivity contribution in [3.05, 3.63) is 0 Å². The van der Waals surface area contributed by atoms with Crippen molar-refractivity contribution in [2.45, 2.75) is 18.5 Å². The van der Waals surface area contributed by atoms with Crippen LogP contribution >= 0.6 is 0 Å². The fourth-order valence-electron chi connectivity index (χ4n) is 0.107. The summed E-state index contributed by atoms with van der Waals surface area (Å²) in [5.74, 6) is -6.29. The Balaban J connectivity index is 4.75. The third-order valence-electron chi connectivity index (χ3n) is 0.593. The smallest absolute Gasteiger partial charge is 0.203 e. The molecule has 0 saturated carbocycles. The molecule has 7 heteroatoms. The van der Waals surface area contributed by atoms with Gasteiger partial charge >= 0.3 is 18.5 Å². The van der Waals surface area contributed by atoms with Gasteiger partial charge in [0.05, 0.1) is 0 Å². The third-order valence-corrected chi connectivity index (χ3v) is 0.593. The number of hydrogen-bond donors (Lipinski definition) is 0. The maximum atomic E-state index is 11.4. The summed E-state index contributed by atoms with van der Waals surface area (Å²) < 4.78 is 83.3. The maximum Gasteiger partial charge on any atom is 0.459 e. The summed E-state index contributed by atoms with van der Waals surface area (Å²) in [4.78, 5) is 0. The molecule has 0 bridgehead atoms. The minimum atomic E-state index is -6.39. The highest BCUT2D eigenvalue weighted by Crippen LogP contribution is 2.39. The van der Waals surface area contributed by atoms with Gasteiger partial charge in [-0.3, -0.25) is 0 Å². The Hall–Kier alpha value is -0.490. The van der Waals surface area contributed by atoms with E-state index in [2.05, 4.69) is 0 Å². The van der Waals surface area contributed by atoms with Gasteiger partial charge < -0.3 is 0 Å². The zero-order valence-corrected chi connectivity index (χ0v) is 4.15. The van der Waals surface area contributed by atoms with Gasteiger partial charge in [-0.1, -0.05) is 0 Å². The standard InChI is InChI=1S/C3HF7/c4-1(5)2(6,7)3(8,9)10/h1H/i1D. The third kappa shape index (κ3) is 1.51. The highest BCUT2D eigenvalue weighted by Gasteiger charge is 2.64. The lowest BCUT2D eigenvalue weighted by atomic mass is 10.3. The molecule has 0 N–H and O–H groups in total. The quantitative estimate of drug-likeness (QED) is 0.531. The molecule has 0 rings (SSSR count). The second-order valence-electron chi connectivity index (χ2n) is 1.33. The van der Waals surface area contributed by atoms with Gasteiger partial charge in [0.1, 0.15) is 1.37 Å². The fourth-order valence-corrected chi connectivity index (χ4v) is 0.107. The Morgan fingerprint density at radius 2 is 1.30 bits per heavy atom. The highest BCUT2D eigenvalue weighted by atomic mass is 19.4. The van der Waals surface area contributed by atoms with Crippen molar-refractivity contribution in [1.29, 1.82) is 0 Å². The van der Waals surface area contributed by atoms with Crippen LogP contribution in [0.15, 0.2) is 0 Å². The molecule has 0 aromatic carbocycles. The van der Waals surface area contributed by atoms with Gasteiger partial charge in [0, 0.05) is 0 Å². The lowest BCUT2D eigenvalue weighted by Crippen LogP contribution is -2.42. The Labute approximate surface area is 52.0 Å². The van der Waals surface area contributed by atoms with Gasteiger partial charge in [-0.25, -0.2) is 8.78 Å². The highest BCUT2D eigenvalue weighted by molar-refractivity contribution is 4.77. The average molecular weight is 171 g/mol. The molecule has 0 radical (unpaired) electrons. The van der Waals surface area contributed by atoms with Gasteiger partial charge in [-0.05, 0) is 0 Å². The molecule has 0 aromatic heterocycles. The van der Waals surface area contributed by atoms with E-state index < -0.39 is 18.5 Å². The predicted molar refractivity (Wildman–Crippen MR) is 17.0 cm³/mol. The van der Waals surface area contributed by atoms with Crippen LogP contribution in [-0.4, -0.2) is 18.5 Å². The first kappa shape index (κ1) is 7.62. The maximum absolute atomic E-state index is 11.4. The molecule has 0 aromatic rings. The summed E-state index contributed by atoms with van der Waals surface area (Å²) in [7, 11) is 0. The second kappa shape index (κ2) is 2.28. The van der Waals surface area contributed by atoms with Crippen molar-refractivity contribution in [1.82, 2.24) is 0 Å². The molecule has 0 amide bonds. The monoisotopic (exact) mass is 171 g/mol. The van der Waals surface area contributed by atoms with Gasteiger partial charge in [-0.2, -0.15) is 22.0 Å². The van der Waals surface area contributed by atoms with Gasteiger partial charge in [0.2, 0.25) is 0 Å². The van der Waals surface area contributed by atoms with Crippen LogP contribution in [0.3, 0.4) is 0 Å². The van der Waals surface area contributed by atoms with E-state index in [4.69, 9.17) is 1.37 Å². The SMILES string of the molecule is [2H]C(F)(F)C(F)(F)C(F)(F)F. The molecule has 0 spiro atoms. The van der Waals surface area contributed by atoms with Crippen LogP contribution in [0.25, 0.3) is 0 Å². The molecular formula is C3HF7. The van der Waals surface area contributed by atoms with Crippen molar-refractivity contribution >= 4 is 0 Å². The molecule has 10 heavy (non-hydrogen) atoms. The Bertz CT molecular complexity index is 125. The van der Waals surface area contributed by atoms with Crippen molar-refractivity contribution in [3.8, 4) is 0 Å². The second-order valence-corrected chi connectivity index (χ2v) is 1.33. The van der Waals surface area contributed by atoms with Crippen LogP contribution in [-0.2, 0) is 0 Å². The Kier molecular flexibility index (Phi) is 1.74. The summed E-state index contributed by atoms with van der Waals surface area (Å²) in [5.41, 5.74) is 0.